The Morgan fingerprint density at radius 1 is 0.396 bits per heavy atom. The van der Waals surface area contributed by atoms with Crippen LogP contribution in [-0.2, 0) is 28.2 Å². The fraction of sp³-hybridized carbons (Fsp3) is 0.0909. The van der Waals surface area contributed by atoms with Crippen LogP contribution in [0.4, 0.5) is 0 Å². The van der Waals surface area contributed by atoms with Gasteiger partial charge in [0.15, 0.2) is 49.6 Å². The van der Waals surface area contributed by atoms with Crippen LogP contribution in [0.3, 0.4) is 0 Å². The predicted octanol–water partition coefficient (Wildman–Crippen LogP) is 2.48. The Balaban J connectivity index is 1.41. The molecule has 0 atom stereocenters. The van der Waals surface area contributed by atoms with Crippen LogP contribution in [0.25, 0.3) is 22.3 Å². The van der Waals surface area contributed by atoms with Crippen molar-refractivity contribution < 1.29 is 18.3 Å². The molecule has 0 unspecified atom stereocenters. The van der Waals surface area contributed by atoms with E-state index in [2.05, 4.69) is 200 Å². The Morgan fingerprint density at radius 3 is 1.09 bits per heavy atom. The first-order chi connectivity index (χ1) is 25.9. The summed E-state index contributed by atoms with van der Waals surface area (Å²) in [4.78, 5) is 11.0. The molecule has 0 saturated carbocycles. The van der Waals surface area contributed by atoms with Crippen LogP contribution in [0.5, 0.6) is 0 Å². The normalized spacial score (nSPS) is 15.7. The zero-order valence-electron chi connectivity index (χ0n) is 30.0. The predicted molar refractivity (Wildman–Crippen MR) is 205 cm³/mol. The van der Waals surface area contributed by atoms with Crippen LogP contribution in [-0.4, -0.2) is 34.2 Å². The van der Waals surface area contributed by atoms with E-state index in [0.29, 0.717) is 0 Å². The van der Waals surface area contributed by atoms with Crippen molar-refractivity contribution in [3.05, 3.63) is 202 Å². The number of allylic oxidation sites excluding steroid dienone is 4. The van der Waals surface area contributed by atoms with Gasteiger partial charge in [0.05, 0.1) is 38.5 Å². The second-order valence-electron chi connectivity index (χ2n) is 14.0. The third-order valence-electron chi connectivity index (χ3n) is 10.5. The van der Waals surface area contributed by atoms with Crippen LogP contribution in [0, 0.1) is 0 Å². The Kier molecular flexibility index (Phi) is 7.22. The highest BCUT2D eigenvalue weighted by molar-refractivity contribution is 6.37. The number of hydrogen-bond donors (Lipinski definition) is 0. The van der Waals surface area contributed by atoms with Crippen molar-refractivity contribution >= 4 is 49.4 Å². The van der Waals surface area contributed by atoms with Gasteiger partial charge >= 0.3 is 0 Å². The van der Waals surface area contributed by atoms with Gasteiger partial charge in [0.25, 0.3) is 0 Å². The van der Waals surface area contributed by atoms with Crippen molar-refractivity contribution in [1.29, 1.82) is 0 Å². The zero-order chi connectivity index (χ0) is 35.8. The smallest absolute Gasteiger partial charge is 0.169 e. The Bertz CT molecular complexity index is 2650. The molecule has 10 heterocycles. The van der Waals surface area contributed by atoms with E-state index in [0.717, 1.165) is 89.4 Å². The minimum absolute atomic E-state index is 0.574. The molecule has 53 heavy (non-hydrogen) atoms. The third-order valence-corrected chi connectivity index (χ3v) is 12.0. The third kappa shape index (κ3) is 5.20. The molecule has 0 N–H and O–H groups in total. The SMILES string of the molecule is C[n+]1ccc(C2=C3C=CC(=N3)C(c3cc[n+](C)cc3)=c3ccc4[n]3[Al-][n]3c2ccc3C(c2cc[n+](C)cc2)=C2C=CC(=N2)C=4c2cc[n+](C)cc2)cc1. The molecule has 4 aliphatic rings. The van der Waals surface area contributed by atoms with E-state index in [9.17, 15) is 0 Å². The number of nitrogens with zero attached hydrogens (tertiary/aromatic N) is 8. The average Bonchev–Trinajstić information content (AvgIpc) is 3.99. The van der Waals surface area contributed by atoms with Crippen LogP contribution in [0.1, 0.15) is 33.6 Å². The van der Waals surface area contributed by atoms with Crippen molar-refractivity contribution in [3.8, 4) is 0 Å². The first-order valence-electron chi connectivity index (χ1n) is 17.8. The minimum Gasteiger partial charge on any atom is -0.594 e. The van der Waals surface area contributed by atoms with Gasteiger partial charge in [-0.2, -0.15) is 0 Å². The molecule has 6 aromatic rings. The maximum Gasteiger partial charge on any atom is 0.169 e. The Labute approximate surface area is 314 Å². The summed E-state index contributed by atoms with van der Waals surface area (Å²) in [7, 11) is 8.24. The summed E-state index contributed by atoms with van der Waals surface area (Å²) in [5, 5.41) is 2.27. The summed E-state index contributed by atoms with van der Waals surface area (Å²) in [5.41, 5.74) is 15.0. The van der Waals surface area contributed by atoms with Gasteiger partial charge in [0.2, 0.25) is 0 Å². The molecule has 0 spiro atoms. The van der Waals surface area contributed by atoms with Crippen LogP contribution in [0.2, 0.25) is 0 Å². The Morgan fingerprint density at radius 2 is 0.736 bits per heavy atom. The number of hydrogen-bond acceptors (Lipinski definition) is 2. The van der Waals surface area contributed by atoms with Crippen LogP contribution in [0.15, 0.2) is 168 Å². The molecule has 10 rings (SSSR count). The summed E-state index contributed by atoms with van der Waals surface area (Å²) >= 11 is -0.574. The molecule has 8 nitrogen and oxygen atoms in total. The van der Waals surface area contributed by atoms with Crippen molar-refractivity contribution in [1.82, 2.24) is 7.10 Å². The quantitative estimate of drug-likeness (QED) is 0.200. The lowest BCUT2D eigenvalue weighted by Gasteiger charge is -2.33. The fourth-order valence-corrected chi connectivity index (χ4v) is 9.32. The first-order valence-corrected chi connectivity index (χ1v) is 18.8. The first kappa shape index (κ1) is 31.5. The van der Waals surface area contributed by atoms with Gasteiger partial charge in [-0.1, -0.05) is 0 Å². The van der Waals surface area contributed by atoms with E-state index in [1.54, 1.807) is 0 Å². The molecule has 6 bridgehead atoms. The van der Waals surface area contributed by atoms with E-state index in [-0.39, 0.29) is 0 Å². The summed E-state index contributed by atoms with van der Waals surface area (Å²) in [6, 6.07) is 26.8. The molecule has 0 aromatic carbocycles. The number of aromatic nitrogens is 6. The molecule has 9 heteroatoms. The van der Waals surface area contributed by atoms with Gasteiger partial charge < -0.3 is 7.10 Å². The molecule has 252 valence electrons. The number of aryl methyl sites for hydroxylation is 4. The van der Waals surface area contributed by atoms with E-state index in [4.69, 9.17) is 9.98 Å². The van der Waals surface area contributed by atoms with Gasteiger partial charge in [-0.15, -0.1) is 0 Å². The maximum atomic E-state index is 5.48. The van der Waals surface area contributed by atoms with Gasteiger partial charge in [-0.25, -0.2) is 28.3 Å². The number of pyridine rings is 4. The highest BCUT2D eigenvalue weighted by atomic mass is 27.1. The van der Waals surface area contributed by atoms with Gasteiger partial charge in [-0.3, -0.25) is 0 Å². The van der Waals surface area contributed by atoms with Gasteiger partial charge in [0.1, 0.15) is 28.2 Å². The van der Waals surface area contributed by atoms with Crippen molar-refractivity contribution in [3.63, 3.8) is 0 Å². The summed E-state index contributed by atoms with van der Waals surface area (Å²) in [5.74, 6) is 0. The second-order valence-corrected chi connectivity index (χ2v) is 15.3. The topological polar surface area (TPSA) is 50.1 Å². The lowest BCUT2D eigenvalue weighted by atomic mass is 10.0. The lowest BCUT2D eigenvalue weighted by molar-refractivity contribution is -0.671. The molecule has 0 amide bonds. The summed E-state index contributed by atoms with van der Waals surface area (Å²) in [6.07, 6.45) is 25.7. The molecule has 6 aromatic heterocycles. The minimum atomic E-state index is -0.574. The molecule has 2 radical (unpaired) electrons. The molecular formula is C44H36AlN8+3. The number of rotatable bonds is 4. The number of fused-ring (bicyclic) bond motifs is 2. The molecular weight excluding hydrogens is 668 g/mol. The largest absolute Gasteiger partial charge is 0.594 e. The summed E-state index contributed by atoms with van der Waals surface area (Å²) < 4.78 is 13.4. The second kappa shape index (κ2) is 12.2. The standard InChI is InChI=1S/C44H36N8.Al/c1-49-21-13-29(14-22-49)41-33-5-7-35(45-33)42(30-15-23-50(2)24-16-30)37-9-11-39(47-37)44(32-19-27-52(4)28-20-32)40-12-10-38(48-40)43(36-8-6-34(41)46-36)31-17-25-51(3)26-18-31;/h5-28H,1-4H3;/q+2;+1. The van der Waals surface area contributed by atoms with Crippen LogP contribution < -0.4 is 29.0 Å². The van der Waals surface area contributed by atoms with Gasteiger partial charge in [-0.05, 0) is 92.9 Å². The monoisotopic (exact) mass is 703 g/mol. The van der Waals surface area contributed by atoms with E-state index < -0.39 is 15.7 Å². The number of aliphatic imine (C=N–C) groups is 2. The van der Waals surface area contributed by atoms with E-state index in [1.165, 1.54) is 0 Å². The average molecular weight is 704 g/mol. The molecule has 0 fully saturated rings. The van der Waals surface area contributed by atoms with Crippen molar-refractivity contribution in [2.45, 2.75) is 0 Å². The highest BCUT2D eigenvalue weighted by Crippen LogP contribution is 2.38. The van der Waals surface area contributed by atoms with E-state index >= 15 is 0 Å². The summed E-state index contributed by atoms with van der Waals surface area (Å²) in [6.45, 7) is 0. The maximum absolute atomic E-state index is 5.48. The van der Waals surface area contributed by atoms with Crippen molar-refractivity contribution in [2.24, 2.45) is 38.2 Å². The van der Waals surface area contributed by atoms with Crippen molar-refractivity contribution in [2.75, 3.05) is 0 Å². The molecule has 0 saturated heterocycles. The zero-order valence-corrected chi connectivity index (χ0v) is 31.2. The molecule has 4 aliphatic heterocycles. The fourth-order valence-electron chi connectivity index (χ4n) is 7.74. The Hall–Kier alpha value is -6.27. The highest BCUT2D eigenvalue weighted by Gasteiger charge is 2.26. The van der Waals surface area contributed by atoms with Gasteiger partial charge in [0, 0.05) is 70.8 Å². The van der Waals surface area contributed by atoms with Crippen LogP contribution >= 0.6 is 0 Å². The molecule has 0 aliphatic carbocycles. The van der Waals surface area contributed by atoms with E-state index in [1.807, 2.05) is 0 Å². The lowest BCUT2D eigenvalue weighted by Crippen LogP contribution is -2.40.